The molecule has 122 valence electrons. The van der Waals surface area contributed by atoms with Crippen molar-refractivity contribution < 1.29 is 9.53 Å². The van der Waals surface area contributed by atoms with Gasteiger partial charge < -0.3 is 10.1 Å². The number of hydrogen-bond donors (Lipinski definition) is 1. The summed E-state index contributed by atoms with van der Waals surface area (Å²) in [7, 11) is 0. The smallest absolute Gasteiger partial charge is 0.266 e. The third kappa shape index (κ3) is 4.82. The number of hydrogen-bond acceptors (Lipinski definition) is 3. The fourth-order valence-electron chi connectivity index (χ4n) is 1.98. The number of benzene rings is 2. The Morgan fingerprint density at radius 2 is 2.08 bits per heavy atom. The number of nitrogens with zero attached hydrogens (tertiary/aromatic N) is 1. The maximum absolute atomic E-state index is 12.2. The number of carbonyl (C=O) groups is 1. The highest BCUT2D eigenvalue weighted by molar-refractivity contribution is 14.1. The van der Waals surface area contributed by atoms with E-state index in [-0.39, 0.29) is 5.57 Å². The molecule has 0 fully saturated rings. The van der Waals surface area contributed by atoms with Crippen molar-refractivity contribution in [3.63, 3.8) is 0 Å². The predicted molar refractivity (Wildman–Crippen MR) is 107 cm³/mol. The SMILES string of the molecule is CCOc1c(Br)cc(/C=C(/C#N)C(=O)Nc2ccccc2)cc1I. The van der Waals surface area contributed by atoms with Crippen LogP contribution in [-0.2, 0) is 4.79 Å². The standard InChI is InChI=1S/C18H14BrIN2O2/c1-2-24-17-15(19)9-12(10-16(17)20)8-13(11-21)18(23)22-14-6-4-3-5-7-14/h3-10H,2H2,1H3,(H,22,23)/b13-8-. The van der Waals surface area contributed by atoms with Crippen LogP contribution in [0.25, 0.3) is 6.08 Å². The first-order valence-corrected chi connectivity index (χ1v) is 9.02. The molecule has 1 N–H and O–H groups in total. The number of rotatable bonds is 5. The van der Waals surface area contributed by atoms with E-state index in [4.69, 9.17) is 4.74 Å². The molecular formula is C18H14BrIN2O2. The average molecular weight is 497 g/mol. The van der Waals surface area contributed by atoms with E-state index < -0.39 is 5.91 Å². The number of nitrogens with one attached hydrogen (secondary N) is 1. The second kappa shape index (κ2) is 8.85. The fraction of sp³-hybridized carbons (Fsp3) is 0.111. The van der Waals surface area contributed by atoms with E-state index in [0.29, 0.717) is 12.3 Å². The van der Waals surface area contributed by atoms with Gasteiger partial charge in [-0.3, -0.25) is 4.79 Å². The Morgan fingerprint density at radius 3 is 2.67 bits per heavy atom. The van der Waals surface area contributed by atoms with Crippen molar-refractivity contribution in [2.45, 2.75) is 6.92 Å². The van der Waals surface area contributed by atoms with Crippen LogP contribution >= 0.6 is 38.5 Å². The van der Waals surface area contributed by atoms with E-state index in [1.165, 1.54) is 0 Å². The Hall–Kier alpha value is -1.85. The zero-order chi connectivity index (χ0) is 17.5. The molecule has 2 aromatic carbocycles. The van der Waals surface area contributed by atoms with Crippen molar-refractivity contribution in [2.24, 2.45) is 0 Å². The Morgan fingerprint density at radius 1 is 1.38 bits per heavy atom. The van der Waals surface area contributed by atoms with Crippen LogP contribution < -0.4 is 10.1 Å². The van der Waals surface area contributed by atoms with Crippen LogP contribution in [0.2, 0.25) is 0 Å². The molecule has 2 aromatic rings. The molecule has 4 nitrogen and oxygen atoms in total. The molecule has 0 aliphatic heterocycles. The zero-order valence-corrected chi connectivity index (χ0v) is 16.6. The molecule has 0 aliphatic rings. The predicted octanol–water partition coefficient (Wildman–Crippen LogP) is 5.00. The van der Waals surface area contributed by atoms with Gasteiger partial charge in [0.05, 0.1) is 14.6 Å². The summed E-state index contributed by atoms with van der Waals surface area (Å²) in [6.45, 7) is 2.48. The summed E-state index contributed by atoms with van der Waals surface area (Å²) in [6, 6.07) is 14.7. The molecule has 0 heterocycles. The number of ether oxygens (including phenoxy) is 1. The van der Waals surface area contributed by atoms with Crippen LogP contribution in [0.15, 0.2) is 52.5 Å². The van der Waals surface area contributed by atoms with Gasteiger partial charge in [0.15, 0.2) is 0 Å². The fourth-order valence-corrected chi connectivity index (χ4v) is 3.75. The van der Waals surface area contributed by atoms with Crippen LogP contribution in [0.5, 0.6) is 5.75 Å². The third-order valence-corrected chi connectivity index (χ3v) is 4.41. The molecule has 0 saturated carbocycles. The number of para-hydroxylation sites is 1. The first-order chi connectivity index (χ1) is 11.5. The first-order valence-electron chi connectivity index (χ1n) is 7.15. The number of halogens is 2. The molecule has 0 atom stereocenters. The first kappa shape index (κ1) is 18.5. The summed E-state index contributed by atoms with van der Waals surface area (Å²) in [5, 5.41) is 12.0. The van der Waals surface area contributed by atoms with Crippen LogP contribution in [-0.4, -0.2) is 12.5 Å². The molecule has 0 radical (unpaired) electrons. The highest BCUT2D eigenvalue weighted by Crippen LogP contribution is 2.32. The lowest BCUT2D eigenvalue weighted by Crippen LogP contribution is -2.13. The molecule has 0 bridgehead atoms. The van der Waals surface area contributed by atoms with Gasteiger partial charge in [-0.05, 0) is 81.3 Å². The highest BCUT2D eigenvalue weighted by atomic mass is 127. The van der Waals surface area contributed by atoms with Crippen molar-refractivity contribution in [3.05, 3.63) is 61.6 Å². The summed E-state index contributed by atoms with van der Waals surface area (Å²) < 4.78 is 7.24. The molecule has 0 spiro atoms. The minimum atomic E-state index is -0.441. The van der Waals surface area contributed by atoms with Crippen molar-refractivity contribution in [3.8, 4) is 11.8 Å². The second-order valence-corrected chi connectivity index (χ2v) is 6.75. The monoisotopic (exact) mass is 496 g/mol. The summed E-state index contributed by atoms with van der Waals surface area (Å²) in [6.07, 6.45) is 1.56. The number of carbonyl (C=O) groups excluding carboxylic acids is 1. The van der Waals surface area contributed by atoms with Gasteiger partial charge in [0.25, 0.3) is 5.91 Å². The minimum absolute atomic E-state index is 0.0331. The Bertz CT molecular complexity index is 791. The topological polar surface area (TPSA) is 62.1 Å². The van der Waals surface area contributed by atoms with Gasteiger partial charge in [0.1, 0.15) is 17.4 Å². The number of nitriles is 1. The van der Waals surface area contributed by atoms with Gasteiger partial charge in [-0.15, -0.1) is 0 Å². The van der Waals surface area contributed by atoms with E-state index in [1.54, 1.807) is 18.2 Å². The summed E-state index contributed by atoms with van der Waals surface area (Å²) in [5.41, 5.74) is 1.42. The van der Waals surface area contributed by atoms with Gasteiger partial charge in [-0.25, -0.2) is 0 Å². The van der Waals surface area contributed by atoms with Crippen LogP contribution in [0.4, 0.5) is 5.69 Å². The molecule has 6 heteroatoms. The molecule has 24 heavy (non-hydrogen) atoms. The van der Waals surface area contributed by atoms with Crippen LogP contribution in [0.1, 0.15) is 12.5 Å². The molecule has 0 unspecified atom stereocenters. The normalized spacial score (nSPS) is 10.8. The van der Waals surface area contributed by atoms with E-state index >= 15 is 0 Å². The quantitative estimate of drug-likeness (QED) is 0.360. The van der Waals surface area contributed by atoms with Crippen molar-refractivity contribution >= 4 is 56.2 Å². The van der Waals surface area contributed by atoms with Crippen LogP contribution in [0.3, 0.4) is 0 Å². The van der Waals surface area contributed by atoms with Crippen molar-refractivity contribution in [1.29, 1.82) is 5.26 Å². The van der Waals surface area contributed by atoms with E-state index in [9.17, 15) is 10.1 Å². The molecule has 0 aromatic heterocycles. The van der Waals surface area contributed by atoms with Crippen molar-refractivity contribution in [1.82, 2.24) is 0 Å². The molecule has 2 rings (SSSR count). The lowest BCUT2D eigenvalue weighted by atomic mass is 10.1. The summed E-state index contributed by atoms with van der Waals surface area (Å²) in [5.74, 6) is 0.311. The summed E-state index contributed by atoms with van der Waals surface area (Å²) in [4.78, 5) is 12.2. The van der Waals surface area contributed by atoms with Crippen LogP contribution in [0, 0.1) is 14.9 Å². The second-order valence-electron chi connectivity index (χ2n) is 4.74. The Balaban J connectivity index is 2.27. The minimum Gasteiger partial charge on any atom is -0.492 e. The lowest BCUT2D eigenvalue weighted by Gasteiger charge is -2.10. The lowest BCUT2D eigenvalue weighted by molar-refractivity contribution is -0.112. The van der Waals surface area contributed by atoms with Crippen molar-refractivity contribution in [2.75, 3.05) is 11.9 Å². The van der Waals surface area contributed by atoms with Gasteiger partial charge >= 0.3 is 0 Å². The number of amides is 1. The van der Waals surface area contributed by atoms with E-state index in [2.05, 4.69) is 43.8 Å². The Labute approximate surface area is 162 Å². The maximum atomic E-state index is 12.2. The highest BCUT2D eigenvalue weighted by Gasteiger charge is 2.12. The Kier molecular flexibility index (Phi) is 6.82. The molecule has 0 aliphatic carbocycles. The summed E-state index contributed by atoms with van der Waals surface area (Å²) >= 11 is 5.62. The number of anilines is 1. The van der Waals surface area contributed by atoms with E-state index in [1.807, 2.05) is 43.3 Å². The zero-order valence-electron chi connectivity index (χ0n) is 12.8. The molecule has 1 amide bonds. The van der Waals surface area contributed by atoms with Gasteiger partial charge in [-0.2, -0.15) is 5.26 Å². The molecular weight excluding hydrogens is 483 g/mol. The van der Waals surface area contributed by atoms with Gasteiger partial charge in [0, 0.05) is 5.69 Å². The largest absolute Gasteiger partial charge is 0.492 e. The maximum Gasteiger partial charge on any atom is 0.266 e. The van der Waals surface area contributed by atoms with E-state index in [0.717, 1.165) is 19.4 Å². The van der Waals surface area contributed by atoms with Gasteiger partial charge in [-0.1, -0.05) is 18.2 Å². The van der Waals surface area contributed by atoms with Gasteiger partial charge in [0.2, 0.25) is 0 Å². The average Bonchev–Trinajstić information content (AvgIpc) is 2.56. The third-order valence-electron chi connectivity index (χ3n) is 3.02. The molecule has 0 saturated heterocycles.